The number of hydrogen-bond donors (Lipinski definition) is 2. The Balaban J connectivity index is 2.38. The van der Waals surface area contributed by atoms with Crippen LogP contribution >= 0.6 is 0 Å². The van der Waals surface area contributed by atoms with Crippen LogP contribution in [0, 0.1) is 0 Å². The topological polar surface area (TPSA) is 74.8 Å². The number of nitrogens with one attached hydrogen (secondary N) is 2. The molecule has 0 fully saturated rings. The maximum atomic E-state index is 11.1. The summed E-state index contributed by atoms with van der Waals surface area (Å²) < 4.78 is 11.1. The van der Waals surface area contributed by atoms with E-state index in [9.17, 15) is 9.00 Å². The molecule has 0 aliphatic carbocycles. The summed E-state index contributed by atoms with van der Waals surface area (Å²) in [5.41, 5.74) is -0.181. The van der Waals surface area contributed by atoms with E-state index in [1.807, 2.05) is 6.92 Å². The van der Waals surface area contributed by atoms with E-state index in [1.165, 1.54) is 12.4 Å². The van der Waals surface area contributed by atoms with E-state index in [0.29, 0.717) is 12.4 Å². The smallest absolute Gasteiger partial charge is 0.252 e. The summed E-state index contributed by atoms with van der Waals surface area (Å²) in [6, 6.07) is 1.40. The van der Waals surface area contributed by atoms with Crippen LogP contribution < -0.4 is 10.9 Å². The Hall–Kier alpha value is -1.17. The molecule has 0 aliphatic rings. The molecular formula is C9H15N3O2S. The minimum absolute atomic E-state index is 0.152. The largest absolute Gasteiger partial charge is 0.370 e. The van der Waals surface area contributed by atoms with Crippen LogP contribution in [0.15, 0.2) is 17.2 Å². The molecule has 6 heteroatoms. The highest BCUT2D eigenvalue weighted by Crippen LogP contribution is 2.01. The molecule has 1 heterocycles. The van der Waals surface area contributed by atoms with Crippen LogP contribution in [0.4, 0.5) is 5.82 Å². The molecule has 2 unspecified atom stereocenters. The first-order valence-electron chi connectivity index (χ1n) is 4.70. The fraction of sp³-hybridized carbons (Fsp3) is 0.556. The lowest BCUT2D eigenvalue weighted by Gasteiger charge is -2.08. The Bertz CT molecular complexity index is 391. The molecule has 0 amide bonds. The number of anilines is 1. The van der Waals surface area contributed by atoms with Gasteiger partial charge in [-0.2, -0.15) is 0 Å². The number of hydrogen-bond acceptors (Lipinski definition) is 4. The van der Waals surface area contributed by atoms with E-state index in [-0.39, 0.29) is 10.8 Å². The normalized spacial score (nSPS) is 14.5. The molecule has 1 rings (SSSR count). The van der Waals surface area contributed by atoms with Gasteiger partial charge in [0, 0.05) is 34.9 Å². The second kappa shape index (κ2) is 5.65. The van der Waals surface area contributed by atoms with E-state index in [1.54, 1.807) is 6.26 Å². The Labute approximate surface area is 90.8 Å². The van der Waals surface area contributed by atoms with Gasteiger partial charge in [0.1, 0.15) is 5.82 Å². The molecular weight excluding hydrogens is 214 g/mol. The van der Waals surface area contributed by atoms with E-state index >= 15 is 0 Å². The van der Waals surface area contributed by atoms with Gasteiger partial charge >= 0.3 is 0 Å². The molecule has 0 radical (unpaired) electrons. The highest BCUT2D eigenvalue weighted by atomic mass is 32.2. The highest BCUT2D eigenvalue weighted by molar-refractivity contribution is 7.84. The van der Waals surface area contributed by atoms with Gasteiger partial charge in [-0.25, -0.2) is 4.98 Å². The third-order valence-corrected chi connectivity index (χ3v) is 3.47. The third-order valence-electron chi connectivity index (χ3n) is 2.10. The van der Waals surface area contributed by atoms with Crippen molar-refractivity contribution in [1.82, 2.24) is 9.97 Å². The van der Waals surface area contributed by atoms with Crippen molar-refractivity contribution < 1.29 is 4.21 Å². The number of rotatable bonds is 5. The quantitative estimate of drug-likeness (QED) is 0.763. The molecule has 84 valence electrons. The van der Waals surface area contributed by atoms with Crippen LogP contribution in [0.25, 0.3) is 0 Å². The molecule has 0 bridgehead atoms. The van der Waals surface area contributed by atoms with Crippen molar-refractivity contribution in [3.63, 3.8) is 0 Å². The van der Waals surface area contributed by atoms with Crippen molar-refractivity contribution in [3.8, 4) is 0 Å². The van der Waals surface area contributed by atoms with Crippen LogP contribution in [0.5, 0.6) is 0 Å². The molecule has 1 aromatic heterocycles. The summed E-state index contributed by atoms with van der Waals surface area (Å²) in [4.78, 5) is 17.3. The van der Waals surface area contributed by atoms with Crippen molar-refractivity contribution >= 4 is 16.6 Å². The Morgan fingerprint density at radius 3 is 3.00 bits per heavy atom. The van der Waals surface area contributed by atoms with Crippen molar-refractivity contribution in [2.24, 2.45) is 0 Å². The molecule has 0 saturated heterocycles. The zero-order valence-corrected chi connectivity index (χ0v) is 9.63. The first kappa shape index (κ1) is 11.9. The summed E-state index contributed by atoms with van der Waals surface area (Å²) in [6.45, 7) is 2.60. The van der Waals surface area contributed by atoms with Crippen molar-refractivity contribution in [3.05, 3.63) is 22.7 Å². The molecule has 15 heavy (non-hydrogen) atoms. The van der Waals surface area contributed by atoms with Gasteiger partial charge in [0.15, 0.2) is 0 Å². The summed E-state index contributed by atoms with van der Waals surface area (Å²) >= 11 is 0. The van der Waals surface area contributed by atoms with Gasteiger partial charge in [-0.15, -0.1) is 0 Å². The van der Waals surface area contributed by atoms with Crippen LogP contribution in [-0.4, -0.2) is 32.2 Å². The molecule has 0 saturated carbocycles. The predicted octanol–water partition coefficient (Wildman–Crippen LogP) is 0.339. The number of H-pyrrole nitrogens is 1. The molecule has 1 aromatic rings. The SMILES string of the molecule is CC(CCNc1cc(=O)[nH]cn1)S(C)=O. The maximum absolute atomic E-state index is 11.1. The lowest BCUT2D eigenvalue weighted by molar-refractivity contribution is 0.672. The zero-order valence-electron chi connectivity index (χ0n) is 8.82. The summed E-state index contributed by atoms with van der Waals surface area (Å²) in [6.07, 6.45) is 3.83. The van der Waals surface area contributed by atoms with Gasteiger partial charge in [-0.05, 0) is 6.42 Å². The van der Waals surface area contributed by atoms with Gasteiger partial charge in [0.05, 0.1) is 6.33 Å². The van der Waals surface area contributed by atoms with Crippen molar-refractivity contribution in [1.29, 1.82) is 0 Å². The molecule has 2 N–H and O–H groups in total. The summed E-state index contributed by atoms with van der Waals surface area (Å²) in [5.74, 6) is 0.549. The second-order valence-corrected chi connectivity index (χ2v) is 5.12. The van der Waals surface area contributed by atoms with Gasteiger partial charge in [-0.3, -0.25) is 9.00 Å². The van der Waals surface area contributed by atoms with Crippen LogP contribution in [0.2, 0.25) is 0 Å². The minimum Gasteiger partial charge on any atom is -0.370 e. The predicted molar refractivity (Wildman–Crippen MR) is 61.5 cm³/mol. The standard InChI is InChI=1S/C9H15N3O2S/c1-7(15(2)14)3-4-10-8-5-9(13)12-6-11-8/h5-7H,3-4H2,1-2H3,(H2,10,11,12,13). The van der Waals surface area contributed by atoms with E-state index in [4.69, 9.17) is 0 Å². The molecule has 0 aliphatic heterocycles. The van der Waals surface area contributed by atoms with Crippen LogP contribution in [0.3, 0.4) is 0 Å². The van der Waals surface area contributed by atoms with E-state index in [0.717, 1.165) is 6.42 Å². The Morgan fingerprint density at radius 2 is 2.40 bits per heavy atom. The van der Waals surface area contributed by atoms with Gasteiger partial charge < -0.3 is 10.3 Å². The Kier molecular flexibility index (Phi) is 4.48. The van der Waals surface area contributed by atoms with E-state index in [2.05, 4.69) is 15.3 Å². The number of aromatic nitrogens is 2. The first-order chi connectivity index (χ1) is 7.09. The van der Waals surface area contributed by atoms with E-state index < -0.39 is 10.8 Å². The van der Waals surface area contributed by atoms with Crippen LogP contribution in [0.1, 0.15) is 13.3 Å². The van der Waals surface area contributed by atoms with Crippen molar-refractivity contribution in [2.45, 2.75) is 18.6 Å². The molecule has 2 atom stereocenters. The van der Waals surface area contributed by atoms with Gasteiger partial charge in [0.25, 0.3) is 5.56 Å². The van der Waals surface area contributed by atoms with Crippen LogP contribution in [-0.2, 0) is 10.8 Å². The average Bonchev–Trinajstić information content (AvgIpc) is 2.17. The van der Waals surface area contributed by atoms with Crippen molar-refractivity contribution in [2.75, 3.05) is 18.1 Å². The number of aromatic amines is 1. The molecule has 0 spiro atoms. The Morgan fingerprint density at radius 1 is 1.67 bits per heavy atom. The van der Waals surface area contributed by atoms with Gasteiger partial charge in [-0.1, -0.05) is 6.92 Å². The van der Waals surface area contributed by atoms with Gasteiger partial charge in [0.2, 0.25) is 0 Å². The lowest BCUT2D eigenvalue weighted by atomic mass is 10.3. The fourth-order valence-electron chi connectivity index (χ4n) is 1.03. The average molecular weight is 229 g/mol. The molecule has 5 nitrogen and oxygen atoms in total. The first-order valence-corrected chi connectivity index (χ1v) is 6.32. The summed E-state index contributed by atoms with van der Waals surface area (Å²) in [5, 5.41) is 3.16. The lowest BCUT2D eigenvalue weighted by Crippen LogP contribution is -2.16. The molecule has 0 aromatic carbocycles. The monoisotopic (exact) mass is 229 g/mol. The highest BCUT2D eigenvalue weighted by Gasteiger charge is 2.05. The minimum atomic E-state index is -0.801. The maximum Gasteiger partial charge on any atom is 0.252 e. The zero-order chi connectivity index (χ0) is 11.3. The fourth-order valence-corrected chi connectivity index (χ4v) is 1.48. The second-order valence-electron chi connectivity index (χ2n) is 3.32. The number of nitrogens with zero attached hydrogens (tertiary/aromatic N) is 1. The third kappa shape index (κ3) is 4.24. The summed E-state index contributed by atoms with van der Waals surface area (Å²) in [7, 11) is -0.801.